The van der Waals surface area contributed by atoms with Crippen molar-refractivity contribution in [3.8, 4) is 40.4 Å². The number of aryl methyl sites for hydroxylation is 4. The van der Waals surface area contributed by atoms with Crippen molar-refractivity contribution in [1.29, 1.82) is 0 Å². The lowest BCUT2D eigenvalue weighted by Gasteiger charge is -2.02. The topological polar surface area (TPSA) is 0 Å². The summed E-state index contributed by atoms with van der Waals surface area (Å²) in [7, 11) is 0. The van der Waals surface area contributed by atoms with Gasteiger partial charge in [0.25, 0.3) is 0 Å². The molecule has 0 N–H and O–H groups in total. The number of unbranched alkanes of at least 4 members (excludes halogenated alkanes) is 20. The standard InChI is InChI=1S/C62H84S4/c1-5-9-13-17-19-21-23-27-31-55-43-45-57(63-55)61-53(29-25-15-11-7-3)47-59(65-61)51-39-35-49(36-40-51)33-34-50-37-41-52(42-38-50)60-48-54(30-26-16-12-8-4)62(66-60)58-46-44-56(64-58)32-28-24-22-20-18-14-10-6-2/h33-48H,5-32H2,1-4H3/b34-33+. The van der Waals surface area contributed by atoms with E-state index in [1.54, 1.807) is 20.9 Å². The van der Waals surface area contributed by atoms with Gasteiger partial charge in [-0.3, -0.25) is 0 Å². The number of hydrogen-bond donors (Lipinski definition) is 0. The summed E-state index contributed by atoms with van der Waals surface area (Å²) < 4.78 is 0. The molecule has 0 aliphatic heterocycles. The molecule has 4 heteroatoms. The van der Waals surface area contributed by atoms with Crippen LogP contribution in [0, 0.1) is 0 Å². The van der Waals surface area contributed by atoms with E-state index in [1.807, 2.05) is 45.3 Å². The highest BCUT2D eigenvalue weighted by atomic mass is 32.1. The van der Waals surface area contributed by atoms with Crippen LogP contribution in [0.2, 0.25) is 0 Å². The van der Waals surface area contributed by atoms with Gasteiger partial charge in [-0.25, -0.2) is 0 Å². The average molecular weight is 958 g/mol. The monoisotopic (exact) mass is 957 g/mol. The number of benzene rings is 2. The number of thiophene rings is 4. The van der Waals surface area contributed by atoms with E-state index >= 15 is 0 Å². The molecular formula is C62H84S4. The predicted molar refractivity (Wildman–Crippen MR) is 303 cm³/mol. The van der Waals surface area contributed by atoms with E-state index < -0.39 is 0 Å². The summed E-state index contributed by atoms with van der Waals surface area (Å²) in [4.78, 5) is 11.9. The zero-order chi connectivity index (χ0) is 46.0. The molecule has 4 aromatic heterocycles. The van der Waals surface area contributed by atoms with Crippen LogP contribution in [0.1, 0.15) is 214 Å². The van der Waals surface area contributed by atoms with Crippen LogP contribution in [-0.2, 0) is 25.7 Å². The van der Waals surface area contributed by atoms with Crippen molar-refractivity contribution >= 4 is 57.5 Å². The Balaban J connectivity index is 1.06. The van der Waals surface area contributed by atoms with E-state index in [1.165, 1.54) is 231 Å². The van der Waals surface area contributed by atoms with E-state index in [-0.39, 0.29) is 0 Å². The van der Waals surface area contributed by atoms with Crippen molar-refractivity contribution in [2.45, 2.75) is 207 Å². The summed E-state index contributed by atoms with van der Waals surface area (Å²) in [6.07, 6.45) is 42.0. The van der Waals surface area contributed by atoms with Crippen molar-refractivity contribution in [3.63, 3.8) is 0 Å². The molecule has 0 nitrogen and oxygen atoms in total. The van der Waals surface area contributed by atoms with E-state index in [0.717, 1.165) is 0 Å². The molecule has 0 spiro atoms. The molecule has 6 aromatic rings. The third-order valence-corrected chi connectivity index (χ3v) is 18.5. The molecule has 0 fully saturated rings. The summed E-state index contributed by atoms with van der Waals surface area (Å²) in [6, 6.07) is 33.2. The minimum atomic E-state index is 1.18. The van der Waals surface area contributed by atoms with Gasteiger partial charge in [-0.1, -0.05) is 217 Å². The van der Waals surface area contributed by atoms with E-state index in [2.05, 4.69) is 125 Å². The van der Waals surface area contributed by atoms with Gasteiger partial charge in [0.05, 0.1) is 0 Å². The Hall–Kier alpha value is -3.02. The first-order valence-corrected chi connectivity index (χ1v) is 30.2. The lowest BCUT2D eigenvalue weighted by molar-refractivity contribution is 0.576. The second-order valence-electron chi connectivity index (χ2n) is 19.1. The Morgan fingerprint density at radius 3 is 0.985 bits per heavy atom. The molecule has 0 atom stereocenters. The Kier molecular flexibility index (Phi) is 24.2. The lowest BCUT2D eigenvalue weighted by Crippen LogP contribution is -1.85. The SMILES string of the molecule is CCCCCCCCCCc1ccc(-c2sc(-c3ccc(/C=C/c4ccc(-c5cc(CCCCCC)c(-c6ccc(CCCCCCCCCC)s6)s5)cc4)cc3)cc2CCCCCC)s1. The number of rotatable bonds is 34. The molecule has 6 rings (SSSR count). The second kappa shape index (κ2) is 30.5. The molecule has 0 aliphatic carbocycles. The van der Waals surface area contributed by atoms with Gasteiger partial charge in [-0.05, 0) is 121 Å². The molecule has 0 bridgehead atoms. The maximum atomic E-state index is 2.51. The van der Waals surface area contributed by atoms with Crippen molar-refractivity contribution in [3.05, 3.63) is 117 Å². The summed E-state index contributed by atoms with van der Waals surface area (Å²) in [6.45, 7) is 9.23. The Labute approximate surface area is 419 Å². The molecule has 4 heterocycles. The maximum absolute atomic E-state index is 2.51. The van der Waals surface area contributed by atoms with Gasteiger partial charge in [0.15, 0.2) is 0 Å². The molecule has 0 unspecified atom stereocenters. The first kappa shape index (κ1) is 52.4. The van der Waals surface area contributed by atoms with Gasteiger partial charge in [-0.2, -0.15) is 0 Å². The van der Waals surface area contributed by atoms with Crippen LogP contribution in [0.25, 0.3) is 52.5 Å². The van der Waals surface area contributed by atoms with E-state index in [4.69, 9.17) is 0 Å². The van der Waals surface area contributed by atoms with Crippen LogP contribution >= 0.6 is 45.3 Å². The van der Waals surface area contributed by atoms with Crippen molar-refractivity contribution in [1.82, 2.24) is 0 Å². The van der Waals surface area contributed by atoms with Gasteiger partial charge >= 0.3 is 0 Å². The van der Waals surface area contributed by atoms with Crippen LogP contribution in [0.3, 0.4) is 0 Å². The van der Waals surface area contributed by atoms with Crippen molar-refractivity contribution < 1.29 is 0 Å². The minimum Gasteiger partial charge on any atom is -0.139 e. The highest BCUT2D eigenvalue weighted by molar-refractivity contribution is 7.24. The molecule has 66 heavy (non-hydrogen) atoms. The minimum absolute atomic E-state index is 1.18. The smallest absolute Gasteiger partial charge is 0.0481 e. The predicted octanol–water partition coefficient (Wildman–Crippen LogP) is 22.4. The Bertz CT molecular complexity index is 2060. The zero-order valence-electron chi connectivity index (χ0n) is 41.7. The maximum Gasteiger partial charge on any atom is 0.0481 e. The van der Waals surface area contributed by atoms with Crippen molar-refractivity contribution in [2.75, 3.05) is 0 Å². The first-order chi connectivity index (χ1) is 32.6. The molecule has 0 radical (unpaired) electrons. The summed E-state index contributed by atoms with van der Waals surface area (Å²) in [5.74, 6) is 0. The van der Waals surface area contributed by atoms with Gasteiger partial charge in [0, 0.05) is 39.0 Å². The summed E-state index contributed by atoms with van der Waals surface area (Å²) in [5, 5.41) is 0. The summed E-state index contributed by atoms with van der Waals surface area (Å²) >= 11 is 8.11. The van der Waals surface area contributed by atoms with Gasteiger partial charge in [-0.15, -0.1) is 45.3 Å². The lowest BCUT2D eigenvalue weighted by atomic mass is 10.0. The van der Waals surface area contributed by atoms with Crippen molar-refractivity contribution in [2.24, 2.45) is 0 Å². The molecule has 0 aliphatic rings. The van der Waals surface area contributed by atoms with Gasteiger partial charge in [0.2, 0.25) is 0 Å². The molecule has 0 saturated carbocycles. The number of hydrogen-bond acceptors (Lipinski definition) is 4. The highest BCUT2D eigenvalue weighted by Gasteiger charge is 2.17. The van der Waals surface area contributed by atoms with Gasteiger partial charge in [0.1, 0.15) is 0 Å². The molecule has 2 aromatic carbocycles. The molecule has 356 valence electrons. The third-order valence-electron chi connectivity index (χ3n) is 13.4. The molecule has 0 saturated heterocycles. The van der Waals surface area contributed by atoms with Crippen LogP contribution in [-0.4, -0.2) is 0 Å². The fourth-order valence-electron chi connectivity index (χ4n) is 9.26. The van der Waals surface area contributed by atoms with Crippen LogP contribution in [0.5, 0.6) is 0 Å². The van der Waals surface area contributed by atoms with Gasteiger partial charge < -0.3 is 0 Å². The molecular weight excluding hydrogens is 873 g/mol. The fourth-order valence-corrected chi connectivity index (χ4v) is 14.1. The fraction of sp³-hybridized carbons (Fsp3) is 0.516. The second-order valence-corrected chi connectivity index (χ2v) is 23.6. The van der Waals surface area contributed by atoms with E-state index in [9.17, 15) is 0 Å². The Morgan fingerprint density at radius 2 is 0.621 bits per heavy atom. The quantitative estimate of drug-likeness (QED) is 0.0279. The first-order valence-electron chi connectivity index (χ1n) is 26.9. The largest absolute Gasteiger partial charge is 0.139 e. The average Bonchev–Trinajstić information content (AvgIpc) is 4.18. The van der Waals surface area contributed by atoms with E-state index in [0.29, 0.717) is 0 Å². The van der Waals surface area contributed by atoms with Crippen LogP contribution in [0.15, 0.2) is 84.9 Å². The third kappa shape index (κ3) is 17.5. The normalized spacial score (nSPS) is 11.8. The zero-order valence-corrected chi connectivity index (χ0v) is 44.9. The summed E-state index contributed by atoms with van der Waals surface area (Å²) in [5.41, 5.74) is 8.26. The van der Waals surface area contributed by atoms with Crippen LogP contribution in [0.4, 0.5) is 0 Å². The Morgan fingerprint density at radius 1 is 0.303 bits per heavy atom. The highest BCUT2D eigenvalue weighted by Crippen LogP contribution is 2.44. The van der Waals surface area contributed by atoms with Crippen LogP contribution < -0.4 is 0 Å². The molecule has 0 amide bonds.